The van der Waals surface area contributed by atoms with Crippen LogP contribution in [-0.4, -0.2) is 11.1 Å². The van der Waals surface area contributed by atoms with Crippen LogP contribution in [0, 0.1) is 16.3 Å². The SMILES string of the molecule is Cc1ccc([C@@H](Oc2ccc(I)cc2)C(=O)O)cc1F. The lowest BCUT2D eigenvalue weighted by molar-refractivity contribution is -0.145. The number of carboxylic acids is 1. The zero-order valence-electron chi connectivity index (χ0n) is 10.6. The summed E-state index contributed by atoms with van der Waals surface area (Å²) in [6.07, 6.45) is -1.23. The van der Waals surface area contributed by atoms with Crippen LogP contribution in [0.1, 0.15) is 17.2 Å². The molecule has 0 unspecified atom stereocenters. The molecule has 104 valence electrons. The molecule has 2 aromatic rings. The van der Waals surface area contributed by atoms with Gasteiger partial charge in [-0.15, -0.1) is 0 Å². The van der Waals surface area contributed by atoms with Crippen LogP contribution in [0.3, 0.4) is 0 Å². The molecular formula is C15H12FIO3. The van der Waals surface area contributed by atoms with Crippen molar-refractivity contribution in [3.63, 3.8) is 0 Å². The van der Waals surface area contributed by atoms with E-state index in [1.807, 2.05) is 12.1 Å². The third-order valence-electron chi connectivity index (χ3n) is 2.79. The van der Waals surface area contributed by atoms with Crippen LogP contribution in [0.25, 0.3) is 0 Å². The van der Waals surface area contributed by atoms with Gasteiger partial charge >= 0.3 is 5.97 Å². The maximum atomic E-state index is 13.5. The molecule has 0 spiro atoms. The van der Waals surface area contributed by atoms with Gasteiger partial charge in [-0.25, -0.2) is 9.18 Å². The lowest BCUT2D eigenvalue weighted by Crippen LogP contribution is -2.18. The van der Waals surface area contributed by atoms with E-state index in [0.29, 0.717) is 11.3 Å². The third kappa shape index (κ3) is 3.47. The molecule has 0 aliphatic carbocycles. The molecule has 0 radical (unpaired) electrons. The van der Waals surface area contributed by atoms with Crippen molar-refractivity contribution < 1.29 is 19.0 Å². The molecule has 0 aliphatic heterocycles. The second-order valence-corrected chi connectivity index (χ2v) is 5.54. The minimum Gasteiger partial charge on any atom is -0.478 e. The first-order chi connectivity index (χ1) is 9.47. The average molecular weight is 386 g/mol. The zero-order chi connectivity index (χ0) is 14.7. The Morgan fingerprint density at radius 3 is 2.45 bits per heavy atom. The Hall–Kier alpha value is -1.63. The molecule has 20 heavy (non-hydrogen) atoms. The van der Waals surface area contributed by atoms with Crippen molar-refractivity contribution in [1.82, 2.24) is 0 Å². The summed E-state index contributed by atoms with van der Waals surface area (Å²) in [5, 5.41) is 9.25. The van der Waals surface area contributed by atoms with Crippen LogP contribution in [0.2, 0.25) is 0 Å². The first kappa shape index (κ1) is 14.8. The molecule has 2 rings (SSSR count). The van der Waals surface area contributed by atoms with Gasteiger partial charge in [0.1, 0.15) is 11.6 Å². The number of ether oxygens (including phenoxy) is 1. The molecule has 3 nitrogen and oxygen atoms in total. The van der Waals surface area contributed by atoms with E-state index < -0.39 is 17.9 Å². The topological polar surface area (TPSA) is 46.5 Å². The molecule has 0 bridgehead atoms. The van der Waals surface area contributed by atoms with Gasteiger partial charge in [-0.1, -0.05) is 12.1 Å². The predicted molar refractivity (Wildman–Crippen MR) is 81.3 cm³/mol. The van der Waals surface area contributed by atoms with Crippen LogP contribution in [0.5, 0.6) is 5.75 Å². The van der Waals surface area contributed by atoms with E-state index in [2.05, 4.69) is 22.6 Å². The summed E-state index contributed by atoms with van der Waals surface area (Å²) in [4.78, 5) is 11.3. The fraction of sp³-hybridized carbons (Fsp3) is 0.133. The highest BCUT2D eigenvalue weighted by molar-refractivity contribution is 14.1. The molecule has 0 fully saturated rings. The lowest BCUT2D eigenvalue weighted by atomic mass is 10.1. The van der Waals surface area contributed by atoms with Gasteiger partial charge < -0.3 is 9.84 Å². The maximum absolute atomic E-state index is 13.5. The van der Waals surface area contributed by atoms with E-state index in [1.54, 1.807) is 25.1 Å². The van der Waals surface area contributed by atoms with Crippen LogP contribution < -0.4 is 4.74 Å². The van der Waals surface area contributed by atoms with E-state index in [9.17, 15) is 14.3 Å². The highest BCUT2D eigenvalue weighted by atomic mass is 127. The number of carboxylic acid groups (broad SMARTS) is 1. The molecular weight excluding hydrogens is 374 g/mol. The average Bonchev–Trinajstić information content (AvgIpc) is 2.41. The monoisotopic (exact) mass is 386 g/mol. The number of aryl methyl sites for hydroxylation is 1. The molecule has 0 aromatic heterocycles. The first-order valence-electron chi connectivity index (χ1n) is 5.88. The Morgan fingerprint density at radius 2 is 1.90 bits per heavy atom. The molecule has 0 heterocycles. The Morgan fingerprint density at radius 1 is 1.25 bits per heavy atom. The Bertz CT molecular complexity index is 626. The van der Waals surface area contributed by atoms with E-state index >= 15 is 0 Å². The van der Waals surface area contributed by atoms with Crippen LogP contribution in [0.15, 0.2) is 42.5 Å². The van der Waals surface area contributed by atoms with Crippen molar-refractivity contribution in [1.29, 1.82) is 0 Å². The number of hydrogen-bond donors (Lipinski definition) is 1. The minimum atomic E-state index is -1.23. The van der Waals surface area contributed by atoms with Crippen molar-refractivity contribution in [3.8, 4) is 5.75 Å². The fourth-order valence-electron chi connectivity index (χ4n) is 1.68. The number of aliphatic carboxylic acids is 1. The summed E-state index contributed by atoms with van der Waals surface area (Å²) in [7, 11) is 0. The Kier molecular flexibility index (Phi) is 4.59. The van der Waals surface area contributed by atoms with E-state index in [0.717, 1.165) is 3.57 Å². The van der Waals surface area contributed by atoms with E-state index in [-0.39, 0.29) is 5.56 Å². The molecule has 2 aromatic carbocycles. The molecule has 1 atom stereocenters. The van der Waals surface area contributed by atoms with Crippen molar-refractivity contribution in [2.75, 3.05) is 0 Å². The summed E-state index contributed by atoms with van der Waals surface area (Å²) < 4.78 is 20.0. The second kappa shape index (κ2) is 6.21. The zero-order valence-corrected chi connectivity index (χ0v) is 12.8. The summed E-state index contributed by atoms with van der Waals surface area (Å²) in [6.45, 7) is 1.62. The van der Waals surface area contributed by atoms with Gasteiger partial charge in [0.2, 0.25) is 6.10 Å². The molecule has 5 heteroatoms. The van der Waals surface area contributed by atoms with Crippen molar-refractivity contribution in [3.05, 3.63) is 63.0 Å². The quantitative estimate of drug-likeness (QED) is 0.810. The standard InChI is InChI=1S/C15H12FIO3/c1-9-2-3-10(8-13(9)16)14(15(18)19)20-12-6-4-11(17)5-7-12/h2-8,14H,1H3,(H,18,19)/t14-/m1/s1. The number of hydrogen-bond acceptors (Lipinski definition) is 2. The summed E-state index contributed by atoms with van der Waals surface area (Å²) in [6, 6.07) is 11.3. The third-order valence-corrected chi connectivity index (χ3v) is 3.51. The largest absolute Gasteiger partial charge is 0.478 e. The van der Waals surface area contributed by atoms with Gasteiger partial charge in [0, 0.05) is 9.13 Å². The molecule has 0 amide bonds. The van der Waals surface area contributed by atoms with Crippen LogP contribution >= 0.6 is 22.6 Å². The molecule has 1 N–H and O–H groups in total. The highest BCUT2D eigenvalue weighted by Crippen LogP contribution is 2.24. The lowest BCUT2D eigenvalue weighted by Gasteiger charge is -2.16. The maximum Gasteiger partial charge on any atom is 0.349 e. The van der Waals surface area contributed by atoms with E-state index in [1.165, 1.54) is 12.1 Å². The smallest absolute Gasteiger partial charge is 0.349 e. The van der Waals surface area contributed by atoms with Crippen LogP contribution in [0.4, 0.5) is 4.39 Å². The summed E-state index contributed by atoms with van der Waals surface area (Å²) >= 11 is 2.14. The number of benzene rings is 2. The van der Waals surface area contributed by atoms with Gasteiger partial charge in [0.05, 0.1) is 0 Å². The normalized spacial score (nSPS) is 11.9. The minimum absolute atomic E-state index is 0.277. The van der Waals surface area contributed by atoms with Gasteiger partial charge in [-0.05, 0) is 65.4 Å². The number of carbonyl (C=O) groups is 1. The Labute approximate surface area is 129 Å². The van der Waals surface area contributed by atoms with Gasteiger partial charge in [0.25, 0.3) is 0 Å². The van der Waals surface area contributed by atoms with Crippen LogP contribution in [-0.2, 0) is 4.79 Å². The van der Waals surface area contributed by atoms with Gasteiger partial charge in [-0.3, -0.25) is 0 Å². The predicted octanol–water partition coefficient (Wildman–Crippen LogP) is 3.94. The van der Waals surface area contributed by atoms with Gasteiger partial charge in [-0.2, -0.15) is 0 Å². The van der Waals surface area contributed by atoms with Gasteiger partial charge in [0.15, 0.2) is 0 Å². The summed E-state index contributed by atoms with van der Waals surface area (Å²) in [5.74, 6) is -1.18. The number of rotatable bonds is 4. The highest BCUT2D eigenvalue weighted by Gasteiger charge is 2.22. The molecule has 0 saturated carbocycles. The van der Waals surface area contributed by atoms with E-state index in [4.69, 9.17) is 4.74 Å². The Balaban J connectivity index is 2.29. The van der Waals surface area contributed by atoms with Crippen molar-refractivity contribution >= 4 is 28.6 Å². The molecule has 0 aliphatic rings. The second-order valence-electron chi connectivity index (χ2n) is 4.30. The van der Waals surface area contributed by atoms with Crippen molar-refractivity contribution in [2.45, 2.75) is 13.0 Å². The van der Waals surface area contributed by atoms with Crippen molar-refractivity contribution in [2.24, 2.45) is 0 Å². The number of halogens is 2. The fourth-order valence-corrected chi connectivity index (χ4v) is 2.04. The first-order valence-corrected chi connectivity index (χ1v) is 6.96. The summed E-state index contributed by atoms with van der Waals surface area (Å²) in [5.41, 5.74) is 0.742. The molecule has 0 saturated heterocycles.